The summed E-state index contributed by atoms with van der Waals surface area (Å²) in [6, 6.07) is 2.03. The summed E-state index contributed by atoms with van der Waals surface area (Å²) in [7, 11) is -2.95. The molecule has 0 unspecified atom stereocenters. The Bertz CT molecular complexity index is 269. The van der Waals surface area contributed by atoms with E-state index in [1.54, 1.807) is 0 Å². The van der Waals surface area contributed by atoms with E-state index in [9.17, 15) is 8.42 Å². The van der Waals surface area contributed by atoms with Gasteiger partial charge in [0.2, 0.25) is 0 Å². The van der Waals surface area contributed by atoms with Gasteiger partial charge in [-0.2, -0.15) is 5.26 Å². The van der Waals surface area contributed by atoms with E-state index in [0.29, 0.717) is 0 Å². The van der Waals surface area contributed by atoms with Crippen LogP contribution in [0, 0.1) is 16.7 Å². The minimum absolute atomic E-state index is 0.0382. The summed E-state index contributed by atoms with van der Waals surface area (Å²) in [4.78, 5) is 0. The van der Waals surface area contributed by atoms with Crippen LogP contribution in [0.2, 0.25) is 0 Å². The molecule has 0 aromatic rings. The third kappa shape index (κ3) is 1.71. The predicted molar refractivity (Wildman–Crippen MR) is 37.0 cm³/mol. The summed E-state index contributed by atoms with van der Waals surface area (Å²) in [6.07, 6.45) is 2.66. The van der Waals surface area contributed by atoms with Crippen LogP contribution in [0.25, 0.3) is 0 Å². The van der Waals surface area contributed by atoms with Crippen molar-refractivity contribution >= 4 is 9.84 Å². The number of hydrogen-bond donors (Lipinski definition) is 0. The van der Waals surface area contributed by atoms with Crippen molar-refractivity contribution in [2.45, 2.75) is 12.8 Å². The molecule has 0 saturated heterocycles. The molecule has 1 saturated carbocycles. The van der Waals surface area contributed by atoms with Crippen LogP contribution >= 0.6 is 0 Å². The lowest BCUT2D eigenvalue weighted by Gasteiger charge is -2.00. The molecule has 0 heterocycles. The van der Waals surface area contributed by atoms with E-state index in [2.05, 4.69) is 0 Å². The van der Waals surface area contributed by atoms with Crippen molar-refractivity contribution in [3.63, 3.8) is 0 Å². The second kappa shape index (κ2) is 1.96. The Kier molecular flexibility index (Phi) is 1.48. The molecule has 56 valence electrons. The highest BCUT2D eigenvalue weighted by molar-refractivity contribution is 7.90. The third-order valence-electron chi connectivity index (χ3n) is 1.63. The predicted octanol–water partition coefficient (Wildman–Crippen LogP) is 0.335. The fourth-order valence-corrected chi connectivity index (χ4v) is 2.30. The summed E-state index contributed by atoms with van der Waals surface area (Å²) in [5.41, 5.74) is -0.506. The average Bonchev–Trinajstić information content (AvgIpc) is 2.45. The van der Waals surface area contributed by atoms with Gasteiger partial charge >= 0.3 is 0 Å². The first-order valence-corrected chi connectivity index (χ1v) is 5.13. The van der Waals surface area contributed by atoms with E-state index in [-0.39, 0.29) is 5.75 Å². The first-order chi connectivity index (χ1) is 4.47. The maximum atomic E-state index is 10.7. The molecule has 1 aliphatic carbocycles. The van der Waals surface area contributed by atoms with E-state index >= 15 is 0 Å². The van der Waals surface area contributed by atoms with Crippen LogP contribution in [0.3, 0.4) is 0 Å². The molecule has 1 rings (SSSR count). The van der Waals surface area contributed by atoms with Crippen LogP contribution in [0.5, 0.6) is 0 Å². The fourth-order valence-electron chi connectivity index (χ4n) is 0.941. The molecule has 0 spiro atoms. The van der Waals surface area contributed by atoms with Crippen molar-refractivity contribution in [1.82, 2.24) is 0 Å². The van der Waals surface area contributed by atoms with Crippen molar-refractivity contribution in [1.29, 1.82) is 5.26 Å². The quantitative estimate of drug-likeness (QED) is 0.583. The minimum atomic E-state index is -2.95. The second-order valence-corrected chi connectivity index (χ2v) is 5.10. The summed E-state index contributed by atoms with van der Waals surface area (Å²) in [6.45, 7) is 0. The van der Waals surface area contributed by atoms with Crippen molar-refractivity contribution in [2.75, 3.05) is 12.0 Å². The van der Waals surface area contributed by atoms with Gasteiger partial charge in [0.15, 0.2) is 0 Å². The van der Waals surface area contributed by atoms with Crippen LogP contribution < -0.4 is 0 Å². The van der Waals surface area contributed by atoms with E-state index in [1.165, 1.54) is 6.26 Å². The summed E-state index contributed by atoms with van der Waals surface area (Å²) in [5.74, 6) is 0.0382. The Labute approximate surface area is 60.6 Å². The fraction of sp³-hybridized carbons (Fsp3) is 0.833. The molecule has 0 amide bonds. The van der Waals surface area contributed by atoms with E-state index < -0.39 is 15.3 Å². The second-order valence-electron chi connectivity index (χ2n) is 2.96. The van der Waals surface area contributed by atoms with Gasteiger partial charge in [0.25, 0.3) is 0 Å². The summed E-state index contributed by atoms with van der Waals surface area (Å²) >= 11 is 0. The Hall–Kier alpha value is -0.560. The Balaban J connectivity index is 2.65. The number of rotatable bonds is 2. The number of sulfone groups is 1. The van der Waals surface area contributed by atoms with Crippen LogP contribution in [0.1, 0.15) is 12.8 Å². The standard InChI is InChI=1S/C6H9NO2S/c1-10(8,9)5-6(4-7)2-3-6/h2-3,5H2,1H3. The van der Waals surface area contributed by atoms with Crippen LogP contribution in [-0.2, 0) is 9.84 Å². The highest BCUT2D eigenvalue weighted by atomic mass is 32.2. The number of hydrogen-bond acceptors (Lipinski definition) is 3. The molecule has 3 nitrogen and oxygen atoms in total. The highest BCUT2D eigenvalue weighted by Gasteiger charge is 2.45. The van der Waals surface area contributed by atoms with Gasteiger partial charge in [0, 0.05) is 6.26 Å². The lowest BCUT2D eigenvalue weighted by atomic mass is 10.2. The molecular weight excluding hydrogens is 150 g/mol. The molecule has 10 heavy (non-hydrogen) atoms. The first-order valence-electron chi connectivity index (χ1n) is 3.06. The SMILES string of the molecule is CS(=O)(=O)CC1(C#N)CC1. The maximum absolute atomic E-state index is 10.7. The van der Waals surface area contributed by atoms with Crippen molar-refractivity contribution in [3.8, 4) is 6.07 Å². The third-order valence-corrected chi connectivity index (χ3v) is 2.71. The minimum Gasteiger partial charge on any atom is -0.229 e. The molecule has 0 radical (unpaired) electrons. The zero-order valence-corrected chi connectivity index (χ0v) is 6.61. The van der Waals surface area contributed by atoms with Gasteiger partial charge in [0.05, 0.1) is 17.2 Å². The maximum Gasteiger partial charge on any atom is 0.149 e. The lowest BCUT2D eigenvalue weighted by Crippen LogP contribution is -2.13. The topological polar surface area (TPSA) is 57.9 Å². The summed E-state index contributed by atoms with van der Waals surface area (Å²) < 4.78 is 21.4. The van der Waals surface area contributed by atoms with Crippen molar-refractivity contribution < 1.29 is 8.42 Å². The van der Waals surface area contributed by atoms with Gasteiger partial charge in [0.1, 0.15) is 9.84 Å². The van der Waals surface area contributed by atoms with Crippen molar-refractivity contribution in [3.05, 3.63) is 0 Å². The number of nitriles is 1. The smallest absolute Gasteiger partial charge is 0.149 e. The van der Waals surface area contributed by atoms with Crippen LogP contribution in [-0.4, -0.2) is 20.4 Å². The molecule has 0 N–H and O–H groups in total. The lowest BCUT2D eigenvalue weighted by molar-refractivity contribution is 0.589. The summed E-state index contributed by atoms with van der Waals surface area (Å²) in [5, 5.41) is 8.51. The monoisotopic (exact) mass is 159 g/mol. The van der Waals surface area contributed by atoms with Crippen LogP contribution in [0.15, 0.2) is 0 Å². The zero-order valence-electron chi connectivity index (χ0n) is 5.79. The Morgan fingerprint density at radius 1 is 1.60 bits per heavy atom. The van der Waals surface area contributed by atoms with Gasteiger partial charge in [-0.05, 0) is 12.8 Å². The van der Waals surface area contributed by atoms with Crippen LogP contribution in [0.4, 0.5) is 0 Å². The molecule has 0 aromatic heterocycles. The molecule has 0 bridgehead atoms. The van der Waals surface area contributed by atoms with Gasteiger partial charge in [-0.25, -0.2) is 8.42 Å². The normalized spacial score (nSPS) is 21.6. The molecule has 0 aromatic carbocycles. The molecule has 0 atom stereocenters. The molecule has 1 aliphatic rings. The Morgan fingerprint density at radius 2 is 2.10 bits per heavy atom. The Morgan fingerprint density at radius 3 is 2.20 bits per heavy atom. The number of nitrogens with zero attached hydrogens (tertiary/aromatic N) is 1. The van der Waals surface area contributed by atoms with Gasteiger partial charge in [-0.1, -0.05) is 0 Å². The van der Waals surface area contributed by atoms with Gasteiger partial charge in [-0.15, -0.1) is 0 Å². The van der Waals surface area contributed by atoms with Gasteiger partial charge < -0.3 is 0 Å². The first kappa shape index (κ1) is 7.55. The molecular formula is C6H9NO2S. The zero-order chi connectivity index (χ0) is 7.83. The van der Waals surface area contributed by atoms with Gasteiger partial charge in [-0.3, -0.25) is 0 Å². The van der Waals surface area contributed by atoms with E-state index in [0.717, 1.165) is 12.8 Å². The average molecular weight is 159 g/mol. The molecule has 1 fully saturated rings. The molecule has 0 aliphatic heterocycles. The highest BCUT2D eigenvalue weighted by Crippen LogP contribution is 2.45. The van der Waals surface area contributed by atoms with E-state index in [1.807, 2.05) is 6.07 Å². The van der Waals surface area contributed by atoms with Crippen molar-refractivity contribution in [2.24, 2.45) is 5.41 Å². The van der Waals surface area contributed by atoms with E-state index in [4.69, 9.17) is 5.26 Å². The largest absolute Gasteiger partial charge is 0.229 e. The molecule has 4 heteroatoms.